The molecule has 0 radical (unpaired) electrons. The monoisotopic (exact) mass is 248 g/mol. The molecule has 15 heavy (non-hydrogen) atoms. The minimum absolute atomic E-state index is 0. The quantitative estimate of drug-likeness (QED) is 0.859. The predicted octanol–water partition coefficient (Wildman–Crippen LogP) is 1.90. The zero-order valence-corrected chi connectivity index (χ0v) is 9.94. The summed E-state index contributed by atoms with van der Waals surface area (Å²) >= 11 is 5.96. The van der Waals surface area contributed by atoms with Crippen LogP contribution in [0.1, 0.15) is 18.5 Å². The number of benzene rings is 1. The molecule has 0 saturated heterocycles. The largest absolute Gasteiger partial charge is 0.348 e. The molecule has 1 unspecified atom stereocenters. The molecule has 0 heterocycles. The summed E-state index contributed by atoms with van der Waals surface area (Å²) in [5.41, 5.74) is 6.09. The van der Waals surface area contributed by atoms with Crippen LogP contribution in [0.3, 0.4) is 0 Å². The van der Waals surface area contributed by atoms with Crippen LogP contribution in [0.15, 0.2) is 24.3 Å². The van der Waals surface area contributed by atoms with E-state index in [1.807, 2.05) is 25.1 Å². The minimum Gasteiger partial charge on any atom is -0.348 e. The van der Waals surface area contributed by atoms with Gasteiger partial charge in [-0.05, 0) is 18.6 Å². The molecule has 1 aromatic rings. The van der Waals surface area contributed by atoms with Gasteiger partial charge in [0.25, 0.3) is 0 Å². The van der Waals surface area contributed by atoms with E-state index in [0.29, 0.717) is 5.02 Å². The Morgan fingerprint density at radius 3 is 2.67 bits per heavy atom. The Kier molecular flexibility index (Phi) is 6.32. The highest BCUT2D eigenvalue weighted by Crippen LogP contribution is 2.21. The van der Waals surface area contributed by atoms with Crippen LogP contribution >= 0.6 is 24.0 Å². The Morgan fingerprint density at radius 2 is 2.13 bits per heavy atom. The molecule has 0 saturated carbocycles. The summed E-state index contributed by atoms with van der Waals surface area (Å²) < 4.78 is 0. The highest BCUT2D eigenvalue weighted by Gasteiger charge is 2.10. The maximum atomic E-state index is 11.0. The molecule has 0 bridgehead atoms. The van der Waals surface area contributed by atoms with Gasteiger partial charge in [0.2, 0.25) is 5.91 Å². The van der Waals surface area contributed by atoms with Gasteiger partial charge in [-0.1, -0.05) is 29.8 Å². The summed E-state index contributed by atoms with van der Waals surface area (Å²) in [5.74, 6) is -0.183. The van der Waals surface area contributed by atoms with E-state index in [4.69, 9.17) is 17.3 Å². The van der Waals surface area contributed by atoms with Gasteiger partial charge in [-0.3, -0.25) is 4.79 Å². The number of hydrogen-bond acceptors (Lipinski definition) is 2. The van der Waals surface area contributed by atoms with Crippen LogP contribution in [0.5, 0.6) is 0 Å². The fraction of sp³-hybridized carbons (Fsp3) is 0.300. The SMILES string of the molecule is CC(NC(=O)CN)c1ccccc1Cl.Cl. The standard InChI is InChI=1S/C10H13ClN2O.ClH/c1-7(13-10(14)6-12)8-4-2-3-5-9(8)11;/h2-5,7H,6,12H2,1H3,(H,13,14);1H. The number of nitrogens with one attached hydrogen (secondary N) is 1. The van der Waals surface area contributed by atoms with E-state index < -0.39 is 0 Å². The van der Waals surface area contributed by atoms with Gasteiger partial charge in [0.1, 0.15) is 0 Å². The summed E-state index contributed by atoms with van der Waals surface area (Å²) in [5, 5.41) is 3.39. The smallest absolute Gasteiger partial charge is 0.234 e. The van der Waals surface area contributed by atoms with E-state index in [9.17, 15) is 4.79 Å². The van der Waals surface area contributed by atoms with Gasteiger partial charge < -0.3 is 11.1 Å². The average Bonchev–Trinajstić information content (AvgIpc) is 2.18. The first kappa shape index (κ1) is 14.2. The summed E-state index contributed by atoms with van der Waals surface area (Å²) in [4.78, 5) is 11.0. The topological polar surface area (TPSA) is 55.1 Å². The third kappa shape index (κ3) is 4.08. The van der Waals surface area contributed by atoms with Gasteiger partial charge in [0.05, 0.1) is 12.6 Å². The maximum absolute atomic E-state index is 11.0. The molecular formula is C10H14Cl2N2O. The second kappa shape index (κ2) is 6.67. The molecule has 0 aliphatic rings. The number of amides is 1. The van der Waals surface area contributed by atoms with Crippen LogP contribution in [0.4, 0.5) is 0 Å². The molecule has 3 nitrogen and oxygen atoms in total. The van der Waals surface area contributed by atoms with Crippen molar-refractivity contribution in [2.24, 2.45) is 5.73 Å². The fourth-order valence-electron chi connectivity index (χ4n) is 1.20. The van der Waals surface area contributed by atoms with Gasteiger partial charge in [-0.2, -0.15) is 0 Å². The van der Waals surface area contributed by atoms with Crippen molar-refractivity contribution in [3.05, 3.63) is 34.9 Å². The Bertz CT molecular complexity index is 331. The predicted molar refractivity (Wildman–Crippen MR) is 64.3 cm³/mol. The van der Waals surface area contributed by atoms with Crippen molar-refractivity contribution < 1.29 is 4.79 Å². The van der Waals surface area contributed by atoms with Crippen molar-refractivity contribution in [1.29, 1.82) is 0 Å². The van der Waals surface area contributed by atoms with Gasteiger partial charge in [0, 0.05) is 5.02 Å². The van der Waals surface area contributed by atoms with Crippen molar-refractivity contribution in [1.82, 2.24) is 5.32 Å². The zero-order chi connectivity index (χ0) is 10.6. The Labute approximate surface area is 100 Å². The average molecular weight is 249 g/mol. The van der Waals surface area contributed by atoms with Crippen LogP contribution in [0.2, 0.25) is 5.02 Å². The molecule has 1 rings (SSSR count). The number of carbonyl (C=O) groups is 1. The highest BCUT2D eigenvalue weighted by molar-refractivity contribution is 6.31. The first-order valence-corrected chi connectivity index (χ1v) is 4.76. The van der Waals surface area contributed by atoms with E-state index in [0.717, 1.165) is 5.56 Å². The van der Waals surface area contributed by atoms with Crippen molar-refractivity contribution in [3.8, 4) is 0 Å². The molecule has 0 aliphatic carbocycles. The lowest BCUT2D eigenvalue weighted by molar-refractivity contribution is -0.120. The number of rotatable bonds is 3. The molecule has 1 amide bonds. The lowest BCUT2D eigenvalue weighted by Gasteiger charge is -2.14. The van der Waals surface area contributed by atoms with Crippen LogP contribution in [-0.4, -0.2) is 12.5 Å². The van der Waals surface area contributed by atoms with Crippen molar-refractivity contribution in [2.75, 3.05) is 6.54 Å². The summed E-state index contributed by atoms with van der Waals surface area (Å²) in [6, 6.07) is 7.29. The number of hydrogen-bond donors (Lipinski definition) is 2. The van der Waals surface area contributed by atoms with Gasteiger partial charge >= 0.3 is 0 Å². The van der Waals surface area contributed by atoms with Crippen LogP contribution in [-0.2, 0) is 4.79 Å². The highest BCUT2D eigenvalue weighted by atomic mass is 35.5. The third-order valence-corrected chi connectivity index (χ3v) is 2.28. The fourth-order valence-corrected chi connectivity index (χ4v) is 1.50. The molecule has 0 fully saturated rings. The Hall–Kier alpha value is -0.770. The minimum atomic E-state index is -0.183. The maximum Gasteiger partial charge on any atom is 0.234 e. The Balaban J connectivity index is 0.00000196. The first-order valence-electron chi connectivity index (χ1n) is 4.39. The van der Waals surface area contributed by atoms with E-state index >= 15 is 0 Å². The lowest BCUT2D eigenvalue weighted by atomic mass is 10.1. The molecule has 3 N–H and O–H groups in total. The second-order valence-corrected chi connectivity index (χ2v) is 3.42. The molecule has 1 aromatic carbocycles. The summed E-state index contributed by atoms with van der Waals surface area (Å²) in [6.07, 6.45) is 0. The summed E-state index contributed by atoms with van der Waals surface area (Å²) in [6.45, 7) is 1.86. The molecule has 0 aromatic heterocycles. The van der Waals surface area contributed by atoms with Crippen LogP contribution in [0, 0.1) is 0 Å². The number of halogens is 2. The first-order chi connectivity index (χ1) is 6.65. The second-order valence-electron chi connectivity index (χ2n) is 3.01. The normalized spacial score (nSPS) is 11.4. The molecule has 0 spiro atoms. The molecule has 5 heteroatoms. The molecular weight excluding hydrogens is 235 g/mol. The van der Waals surface area contributed by atoms with E-state index in [2.05, 4.69) is 5.32 Å². The number of nitrogens with two attached hydrogens (primary N) is 1. The van der Waals surface area contributed by atoms with Gasteiger partial charge in [0.15, 0.2) is 0 Å². The van der Waals surface area contributed by atoms with Crippen molar-refractivity contribution >= 4 is 29.9 Å². The van der Waals surface area contributed by atoms with Crippen molar-refractivity contribution in [3.63, 3.8) is 0 Å². The van der Waals surface area contributed by atoms with Crippen molar-refractivity contribution in [2.45, 2.75) is 13.0 Å². The lowest BCUT2D eigenvalue weighted by Crippen LogP contribution is -2.32. The molecule has 1 atom stereocenters. The van der Waals surface area contributed by atoms with Gasteiger partial charge in [-0.25, -0.2) is 0 Å². The third-order valence-electron chi connectivity index (χ3n) is 1.93. The van der Waals surface area contributed by atoms with Crippen LogP contribution < -0.4 is 11.1 Å². The molecule has 84 valence electrons. The van der Waals surface area contributed by atoms with E-state index in [1.54, 1.807) is 6.07 Å². The molecule has 0 aliphatic heterocycles. The number of carbonyl (C=O) groups excluding carboxylic acids is 1. The van der Waals surface area contributed by atoms with Crippen LogP contribution in [0.25, 0.3) is 0 Å². The summed E-state index contributed by atoms with van der Waals surface area (Å²) in [7, 11) is 0. The van der Waals surface area contributed by atoms with E-state index in [-0.39, 0.29) is 30.9 Å². The Morgan fingerprint density at radius 1 is 1.53 bits per heavy atom. The zero-order valence-electron chi connectivity index (χ0n) is 8.37. The van der Waals surface area contributed by atoms with Gasteiger partial charge in [-0.15, -0.1) is 12.4 Å². The van der Waals surface area contributed by atoms with E-state index in [1.165, 1.54) is 0 Å².